The molecule has 5 nitrogen and oxygen atoms in total. The molecule has 22 heavy (non-hydrogen) atoms. The summed E-state index contributed by atoms with van der Waals surface area (Å²) in [5.74, 6) is -0.907. The molecule has 1 aromatic carbocycles. The fourth-order valence-corrected chi connectivity index (χ4v) is 3.44. The molecule has 3 aromatic rings. The van der Waals surface area contributed by atoms with E-state index in [1.165, 1.54) is 22.7 Å². The summed E-state index contributed by atoms with van der Waals surface area (Å²) in [6, 6.07) is 7.55. The quantitative estimate of drug-likeness (QED) is 0.743. The number of thiophene rings is 1. The number of amides is 1. The largest absolute Gasteiger partial charge is 0.452 e. The van der Waals surface area contributed by atoms with E-state index in [2.05, 4.69) is 10.3 Å². The van der Waals surface area contributed by atoms with Crippen LogP contribution in [0.3, 0.4) is 0 Å². The first-order valence-electron chi connectivity index (χ1n) is 6.48. The predicted octanol–water partition coefficient (Wildman–Crippen LogP) is 3.46. The topological polar surface area (TPSA) is 68.3 Å². The minimum Gasteiger partial charge on any atom is -0.452 e. The highest BCUT2D eigenvalue weighted by molar-refractivity contribution is 7.22. The van der Waals surface area contributed by atoms with Crippen molar-refractivity contribution in [1.29, 1.82) is 0 Å². The van der Waals surface area contributed by atoms with Crippen LogP contribution in [0.15, 0.2) is 35.0 Å². The Labute approximate surface area is 134 Å². The molecule has 0 aliphatic carbocycles. The molecule has 0 aliphatic rings. The standard InChI is InChI=1S/C15H12N2O3S2/c1-9-2-3-11-12(6-9)22-15(16-11)17-13(18)7-20-14(19)10-4-5-21-8-10/h2-6,8H,7H2,1H3,(H,16,17,18). The fourth-order valence-electron chi connectivity index (χ4n) is 1.84. The second-order valence-corrected chi connectivity index (χ2v) is 6.44. The SMILES string of the molecule is Cc1ccc2nc(NC(=O)COC(=O)c3ccsc3)sc2c1. The van der Waals surface area contributed by atoms with Crippen LogP contribution in [0.5, 0.6) is 0 Å². The molecule has 0 unspecified atom stereocenters. The Kier molecular flexibility index (Phi) is 4.17. The first kappa shape index (κ1) is 14.7. The number of thiazole rings is 1. The van der Waals surface area contributed by atoms with E-state index in [0.717, 1.165) is 15.8 Å². The van der Waals surface area contributed by atoms with Crippen LogP contribution >= 0.6 is 22.7 Å². The number of hydrogen-bond acceptors (Lipinski definition) is 6. The molecule has 2 aromatic heterocycles. The summed E-state index contributed by atoms with van der Waals surface area (Å²) in [7, 11) is 0. The van der Waals surface area contributed by atoms with Crippen LogP contribution in [-0.4, -0.2) is 23.5 Å². The van der Waals surface area contributed by atoms with Crippen LogP contribution < -0.4 is 5.32 Å². The van der Waals surface area contributed by atoms with Crippen LogP contribution in [0.25, 0.3) is 10.2 Å². The highest BCUT2D eigenvalue weighted by Gasteiger charge is 2.12. The average molecular weight is 332 g/mol. The van der Waals surface area contributed by atoms with Gasteiger partial charge in [0.2, 0.25) is 0 Å². The lowest BCUT2D eigenvalue weighted by Crippen LogP contribution is -2.20. The number of aromatic nitrogens is 1. The molecule has 3 rings (SSSR count). The van der Waals surface area contributed by atoms with Crippen molar-refractivity contribution in [2.45, 2.75) is 6.92 Å². The summed E-state index contributed by atoms with van der Waals surface area (Å²) in [6.07, 6.45) is 0. The number of anilines is 1. The molecule has 0 bridgehead atoms. The molecule has 2 heterocycles. The maximum Gasteiger partial charge on any atom is 0.339 e. The van der Waals surface area contributed by atoms with Gasteiger partial charge in [0, 0.05) is 5.38 Å². The van der Waals surface area contributed by atoms with E-state index in [4.69, 9.17) is 4.74 Å². The smallest absolute Gasteiger partial charge is 0.339 e. The third kappa shape index (κ3) is 3.32. The summed E-state index contributed by atoms with van der Waals surface area (Å²) < 4.78 is 5.95. The number of carbonyl (C=O) groups excluding carboxylic acids is 2. The van der Waals surface area contributed by atoms with E-state index in [9.17, 15) is 9.59 Å². The molecular weight excluding hydrogens is 320 g/mol. The highest BCUT2D eigenvalue weighted by atomic mass is 32.1. The summed E-state index contributed by atoms with van der Waals surface area (Å²) in [4.78, 5) is 27.8. The van der Waals surface area contributed by atoms with Gasteiger partial charge in [0.15, 0.2) is 11.7 Å². The maximum atomic E-state index is 11.8. The summed E-state index contributed by atoms with van der Waals surface area (Å²) in [5, 5.41) is 6.60. The van der Waals surface area contributed by atoms with Gasteiger partial charge in [0.1, 0.15) is 0 Å². The molecule has 1 amide bonds. The normalized spacial score (nSPS) is 10.6. The summed E-state index contributed by atoms with van der Waals surface area (Å²) in [6.45, 7) is 1.67. The number of ether oxygens (including phenoxy) is 1. The number of benzene rings is 1. The third-order valence-corrected chi connectivity index (χ3v) is 4.50. The minimum absolute atomic E-state index is 0.330. The van der Waals surface area contributed by atoms with Crippen LogP contribution in [0.4, 0.5) is 5.13 Å². The van der Waals surface area contributed by atoms with Crippen molar-refractivity contribution in [3.8, 4) is 0 Å². The van der Waals surface area contributed by atoms with Gasteiger partial charge in [-0.2, -0.15) is 11.3 Å². The van der Waals surface area contributed by atoms with Gasteiger partial charge >= 0.3 is 5.97 Å². The number of fused-ring (bicyclic) bond motifs is 1. The van der Waals surface area contributed by atoms with E-state index >= 15 is 0 Å². The predicted molar refractivity (Wildman–Crippen MR) is 87.6 cm³/mol. The van der Waals surface area contributed by atoms with Gasteiger partial charge < -0.3 is 4.74 Å². The molecule has 0 atom stereocenters. The van der Waals surface area contributed by atoms with Crippen molar-refractivity contribution < 1.29 is 14.3 Å². The first-order chi connectivity index (χ1) is 10.6. The number of nitrogens with zero attached hydrogens (tertiary/aromatic N) is 1. The Morgan fingerprint density at radius 2 is 2.18 bits per heavy atom. The molecule has 0 fully saturated rings. The number of rotatable bonds is 4. The van der Waals surface area contributed by atoms with Gasteiger partial charge in [0.05, 0.1) is 15.8 Å². The molecule has 1 N–H and O–H groups in total. The zero-order valence-corrected chi connectivity index (χ0v) is 13.3. The van der Waals surface area contributed by atoms with Crippen LogP contribution in [0, 0.1) is 6.92 Å². The fraction of sp³-hybridized carbons (Fsp3) is 0.133. The Morgan fingerprint density at radius 1 is 1.32 bits per heavy atom. The van der Waals surface area contributed by atoms with Crippen molar-refractivity contribution in [3.05, 3.63) is 46.2 Å². The van der Waals surface area contributed by atoms with E-state index in [1.807, 2.05) is 25.1 Å². The molecule has 0 saturated heterocycles. The van der Waals surface area contributed by atoms with E-state index in [-0.39, 0.29) is 6.61 Å². The lowest BCUT2D eigenvalue weighted by atomic mass is 10.2. The van der Waals surface area contributed by atoms with Crippen molar-refractivity contribution in [1.82, 2.24) is 4.98 Å². The van der Waals surface area contributed by atoms with Crippen molar-refractivity contribution >= 4 is 49.9 Å². The summed E-state index contributed by atoms with van der Waals surface area (Å²) >= 11 is 2.79. The number of esters is 1. The van der Waals surface area contributed by atoms with Gasteiger partial charge in [-0.3, -0.25) is 10.1 Å². The molecular formula is C15H12N2O3S2. The monoisotopic (exact) mass is 332 g/mol. The van der Waals surface area contributed by atoms with Gasteiger partial charge in [0.25, 0.3) is 5.91 Å². The molecule has 112 valence electrons. The number of nitrogens with one attached hydrogen (secondary N) is 1. The van der Waals surface area contributed by atoms with Gasteiger partial charge in [-0.25, -0.2) is 9.78 Å². The van der Waals surface area contributed by atoms with Crippen LogP contribution in [0.1, 0.15) is 15.9 Å². The molecule has 7 heteroatoms. The minimum atomic E-state index is -0.503. The van der Waals surface area contributed by atoms with Crippen LogP contribution in [-0.2, 0) is 9.53 Å². The Morgan fingerprint density at radius 3 is 2.95 bits per heavy atom. The second kappa shape index (κ2) is 6.25. The zero-order chi connectivity index (χ0) is 15.5. The van der Waals surface area contributed by atoms with Crippen molar-refractivity contribution in [2.75, 3.05) is 11.9 Å². The zero-order valence-electron chi connectivity index (χ0n) is 11.7. The van der Waals surface area contributed by atoms with Gasteiger partial charge in [-0.05, 0) is 36.1 Å². The number of aryl methyl sites for hydroxylation is 1. The van der Waals surface area contributed by atoms with E-state index in [0.29, 0.717) is 10.7 Å². The molecule has 0 saturated carbocycles. The van der Waals surface area contributed by atoms with Gasteiger partial charge in [-0.15, -0.1) is 0 Å². The van der Waals surface area contributed by atoms with Crippen LogP contribution in [0.2, 0.25) is 0 Å². The number of hydrogen-bond donors (Lipinski definition) is 1. The lowest BCUT2D eigenvalue weighted by Gasteiger charge is -2.03. The molecule has 0 radical (unpaired) electrons. The molecule has 0 aliphatic heterocycles. The number of carbonyl (C=O) groups is 2. The van der Waals surface area contributed by atoms with Crippen molar-refractivity contribution in [2.24, 2.45) is 0 Å². The van der Waals surface area contributed by atoms with Gasteiger partial charge in [-0.1, -0.05) is 17.4 Å². The Bertz CT molecular complexity index is 825. The summed E-state index contributed by atoms with van der Waals surface area (Å²) in [5.41, 5.74) is 2.42. The lowest BCUT2D eigenvalue weighted by molar-refractivity contribution is -0.119. The third-order valence-electron chi connectivity index (χ3n) is 2.88. The average Bonchev–Trinajstić information content (AvgIpc) is 3.13. The Balaban J connectivity index is 1.59. The van der Waals surface area contributed by atoms with Crippen molar-refractivity contribution in [3.63, 3.8) is 0 Å². The Hall–Kier alpha value is -2.25. The first-order valence-corrected chi connectivity index (χ1v) is 8.24. The van der Waals surface area contributed by atoms with E-state index < -0.39 is 11.9 Å². The highest BCUT2D eigenvalue weighted by Crippen LogP contribution is 2.26. The maximum absolute atomic E-state index is 11.8. The molecule has 0 spiro atoms. The second-order valence-electron chi connectivity index (χ2n) is 4.63. The van der Waals surface area contributed by atoms with E-state index in [1.54, 1.807) is 16.8 Å².